The predicted octanol–water partition coefficient (Wildman–Crippen LogP) is 11.8. The van der Waals surface area contributed by atoms with Gasteiger partial charge in [-0.1, -0.05) is 209 Å². The molecule has 2 aliphatic rings. The van der Waals surface area contributed by atoms with Gasteiger partial charge in [0.05, 0.1) is 0 Å². The minimum absolute atomic E-state index is 0.108. The molecule has 0 aliphatic heterocycles. The summed E-state index contributed by atoms with van der Waals surface area (Å²) in [4.78, 5) is 40.3. The van der Waals surface area contributed by atoms with Crippen LogP contribution in [0.5, 0.6) is 0 Å². The lowest BCUT2D eigenvalue weighted by Gasteiger charge is -2.22. The summed E-state index contributed by atoms with van der Waals surface area (Å²) < 4.78 is 12.1. The number of unbranched alkanes of at least 4 members (excludes halogenated alkanes) is 9. The van der Waals surface area contributed by atoms with Crippen molar-refractivity contribution >= 4 is 18.1 Å². The molecule has 4 N–H and O–H groups in total. The molecule has 0 saturated heterocycles. The van der Waals surface area contributed by atoms with Crippen molar-refractivity contribution in [1.29, 1.82) is 0 Å². The van der Waals surface area contributed by atoms with E-state index in [-0.39, 0.29) is 11.9 Å². The number of amides is 3. The molecule has 0 heterocycles. The summed E-state index contributed by atoms with van der Waals surface area (Å²) in [5.74, 6) is -0.204. The third-order valence-electron chi connectivity index (χ3n) is 13.0. The standard InChI is InChI=1S/C58H64N4O5/c63-56(53(40-43-27-13-10-14-28-43)62-58(65)67-55-51-35-21-17-31-47(51)48-32-18-22-36-52(48)55)60-38-24-8-6-4-2-1-3-5-7-23-37-59-41-44(39-42-25-11-9-12-26-42)61-57(64)66-54-49-33-19-15-29-45(49)46-30-16-20-34-50(46)54/h9-22,25-36,44,53-55,59H,1-8,23-24,37-41H2,(H,60,63)(H,61,64)(H,62,65). The van der Waals surface area contributed by atoms with Gasteiger partial charge in [0, 0.05) is 47.8 Å². The SMILES string of the molecule is O=C(NC(CNCCCCCCCCCCCCNC(=O)C(Cc1ccccc1)NC(=O)OC1c2ccccc2-c2ccccc21)Cc1ccccc1)OC1c2ccccc2-c2ccccc21. The van der Waals surface area contributed by atoms with Crippen LogP contribution in [0.2, 0.25) is 0 Å². The van der Waals surface area contributed by atoms with Gasteiger partial charge in [0.1, 0.15) is 6.04 Å². The first-order valence-electron chi connectivity index (χ1n) is 24.4. The number of hydrogen-bond acceptors (Lipinski definition) is 6. The highest BCUT2D eigenvalue weighted by Crippen LogP contribution is 2.46. The maximum atomic E-state index is 13.5. The molecule has 2 aliphatic carbocycles. The van der Waals surface area contributed by atoms with E-state index in [0.717, 1.165) is 82.3 Å². The fourth-order valence-corrected chi connectivity index (χ4v) is 9.60. The van der Waals surface area contributed by atoms with Crippen molar-refractivity contribution in [2.24, 2.45) is 0 Å². The fraction of sp³-hybridized carbons (Fsp3) is 0.328. The van der Waals surface area contributed by atoms with Crippen molar-refractivity contribution in [3.05, 3.63) is 191 Å². The van der Waals surface area contributed by atoms with Gasteiger partial charge in [0.2, 0.25) is 5.91 Å². The normalized spacial score (nSPS) is 13.4. The second-order valence-electron chi connectivity index (χ2n) is 17.9. The van der Waals surface area contributed by atoms with Gasteiger partial charge in [-0.05, 0) is 59.2 Å². The van der Waals surface area contributed by atoms with Crippen LogP contribution in [0, 0.1) is 0 Å². The van der Waals surface area contributed by atoms with Gasteiger partial charge in [0.15, 0.2) is 12.2 Å². The van der Waals surface area contributed by atoms with Crippen LogP contribution in [-0.4, -0.2) is 49.8 Å². The lowest BCUT2D eigenvalue weighted by molar-refractivity contribution is -0.123. The van der Waals surface area contributed by atoms with Crippen LogP contribution in [0.15, 0.2) is 158 Å². The Morgan fingerprint density at radius 2 is 0.791 bits per heavy atom. The number of rotatable bonds is 24. The zero-order valence-corrected chi connectivity index (χ0v) is 38.5. The zero-order valence-electron chi connectivity index (χ0n) is 38.5. The highest BCUT2D eigenvalue weighted by molar-refractivity contribution is 5.86. The summed E-state index contributed by atoms with van der Waals surface area (Å²) in [6.45, 7) is 2.13. The van der Waals surface area contributed by atoms with Crippen LogP contribution < -0.4 is 21.3 Å². The van der Waals surface area contributed by atoms with Crippen LogP contribution in [0.3, 0.4) is 0 Å². The molecule has 8 rings (SSSR count). The maximum absolute atomic E-state index is 13.5. The molecule has 9 heteroatoms. The molecule has 3 amide bonds. The minimum atomic E-state index is -0.762. The quantitative estimate of drug-likeness (QED) is 0.0450. The third kappa shape index (κ3) is 12.8. The number of ether oxygens (including phenoxy) is 2. The zero-order chi connectivity index (χ0) is 46.0. The summed E-state index contributed by atoms with van der Waals surface area (Å²) in [6.07, 6.45) is 10.5. The lowest BCUT2D eigenvalue weighted by atomic mass is 10.0. The minimum Gasteiger partial charge on any atom is -0.436 e. The number of alkyl carbamates (subject to hydrolysis) is 2. The highest BCUT2D eigenvalue weighted by atomic mass is 16.6. The summed E-state index contributed by atoms with van der Waals surface area (Å²) in [5, 5.41) is 12.8. The molecule has 2 unspecified atom stereocenters. The molecule has 346 valence electrons. The van der Waals surface area contributed by atoms with E-state index in [1.54, 1.807) is 0 Å². The summed E-state index contributed by atoms with van der Waals surface area (Å²) in [5.41, 5.74) is 10.4. The van der Waals surface area contributed by atoms with Crippen molar-refractivity contribution in [1.82, 2.24) is 21.3 Å². The predicted molar refractivity (Wildman–Crippen MR) is 267 cm³/mol. The Morgan fingerprint density at radius 3 is 1.25 bits per heavy atom. The Hall–Kier alpha value is -6.71. The molecule has 0 bridgehead atoms. The van der Waals surface area contributed by atoms with Gasteiger partial charge in [-0.2, -0.15) is 0 Å². The van der Waals surface area contributed by atoms with Gasteiger partial charge in [-0.25, -0.2) is 9.59 Å². The van der Waals surface area contributed by atoms with Crippen LogP contribution in [0.25, 0.3) is 22.3 Å². The molecule has 0 saturated carbocycles. The first kappa shape index (κ1) is 46.8. The fourth-order valence-electron chi connectivity index (χ4n) is 9.60. The van der Waals surface area contributed by atoms with Gasteiger partial charge in [0.25, 0.3) is 0 Å². The second-order valence-corrected chi connectivity index (χ2v) is 17.9. The first-order chi connectivity index (χ1) is 33.0. The topological polar surface area (TPSA) is 118 Å². The smallest absolute Gasteiger partial charge is 0.408 e. The van der Waals surface area contributed by atoms with Crippen molar-refractivity contribution in [2.45, 2.75) is 101 Å². The van der Waals surface area contributed by atoms with Gasteiger partial charge >= 0.3 is 12.2 Å². The number of carbonyl (C=O) groups is 3. The van der Waals surface area contributed by atoms with E-state index in [4.69, 9.17) is 9.47 Å². The van der Waals surface area contributed by atoms with Crippen molar-refractivity contribution in [3.63, 3.8) is 0 Å². The van der Waals surface area contributed by atoms with Gasteiger partial charge in [-0.3, -0.25) is 4.79 Å². The number of hydrogen-bond donors (Lipinski definition) is 4. The molecule has 6 aromatic carbocycles. The van der Waals surface area contributed by atoms with E-state index in [9.17, 15) is 14.4 Å². The van der Waals surface area contributed by atoms with E-state index >= 15 is 0 Å². The molecule has 6 aromatic rings. The Bertz CT molecular complexity index is 2440. The first-order valence-corrected chi connectivity index (χ1v) is 24.4. The molecule has 0 aromatic heterocycles. The average molecular weight is 897 g/mol. The molecule has 0 fully saturated rings. The van der Waals surface area contributed by atoms with Crippen LogP contribution >= 0.6 is 0 Å². The number of carbonyl (C=O) groups excluding carboxylic acids is 3. The number of nitrogens with one attached hydrogen (secondary N) is 4. The molecular weight excluding hydrogens is 833 g/mol. The van der Waals surface area contributed by atoms with E-state index < -0.39 is 30.4 Å². The second kappa shape index (κ2) is 24.2. The number of fused-ring (bicyclic) bond motifs is 6. The summed E-state index contributed by atoms with van der Waals surface area (Å²) in [7, 11) is 0. The van der Waals surface area contributed by atoms with E-state index in [2.05, 4.69) is 45.5 Å². The Morgan fingerprint density at radius 1 is 0.418 bits per heavy atom. The summed E-state index contributed by atoms with van der Waals surface area (Å²) in [6, 6.07) is 51.5. The van der Waals surface area contributed by atoms with Crippen molar-refractivity contribution < 1.29 is 23.9 Å². The number of benzene rings is 6. The van der Waals surface area contributed by atoms with E-state index in [1.807, 2.05) is 133 Å². The molecule has 2 atom stereocenters. The molecule has 9 nitrogen and oxygen atoms in total. The Kier molecular flexibility index (Phi) is 16.9. The van der Waals surface area contributed by atoms with Crippen LogP contribution in [-0.2, 0) is 27.1 Å². The molecule has 0 spiro atoms. The van der Waals surface area contributed by atoms with Crippen molar-refractivity contribution in [3.8, 4) is 22.3 Å². The Balaban J connectivity index is 0.686. The average Bonchev–Trinajstić information content (AvgIpc) is 3.84. The summed E-state index contributed by atoms with van der Waals surface area (Å²) >= 11 is 0. The van der Waals surface area contributed by atoms with Crippen LogP contribution in [0.4, 0.5) is 9.59 Å². The largest absolute Gasteiger partial charge is 0.436 e. The third-order valence-corrected chi connectivity index (χ3v) is 13.0. The molecule has 67 heavy (non-hydrogen) atoms. The van der Waals surface area contributed by atoms with E-state index in [0.29, 0.717) is 25.9 Å². The van der Waals surface area contributed by atoms with Crippen molar-refractivity contribution in [2.75, 3.05) is 19.6 Å². The molecular formula is C58H64N4O5. The Labute approximate surface area is 396 Å². The van der Waals surface area contributed by atoms with Crippen LogP contribution in [0.1, 0.15) is 110 Å². The molecule has 0 radical (unpaired) electrons. The van der Waals surface area contributed by atoms with E-state index in [1.165, 1.54) is 44.1 Å². The lowest BCUT2D eigenvalue weighted by Crippen LogP contribution is -2.48. The van der Waals surface area contributed by atoms with Gasteiger partial charge < -0.3 is 30.7 Å². The van der Waals surface area contributed by atoms with Gasteiger partial charge in [-0.15, -0.1) is 0 Å². The highest BCUT2D eigenvalue weighted by Gasteiger charge is 2.33. The monoisotopic (exact) mass is 896 g/mol. The maximum Gasteiger partial charge on any atom is 0.408 e.